The summed E-state index contributed by atoms with van der Waals surface area (Å²) in [7, 11) is 4.53. The number of hydrogen-bond donors (Lipinski definition) is 0. The lowest BCUT2D eigenvalue weighted by atomic mass is 9.67. The van der Waals surface area contributed by atoms with E-state index in [0.29, 0.717) is 16.7 Å². The first kappa shape index (κ1) is 31.5. The fourth-order valence-corrected chi connectivity index (χ4v) is 7.70. The van der Waals surface area contributed by atoms with E-state index in [1.54, 1.807) is 26.8 Å². The summed E-state index contributed by atoms with van der Waals surface area (Å²) in [5.74, 6) is -2.29. The molecule has 0 spiro atoms. The molecule has 0 radical (unpaired) electrons. The number of allylic oxidation sites excluding steroid dienone is 5. The molecule has 0 N–H and O–H groups in total. The number of nitrogens with zero attached hydrogens (tertiary/aromatic N) is 2. The molecule has 2 bridgehead atoms. The summed E-state index contributed by atoms with van der Waals surface area (Å²) in [5.41, 5.74) is 1.90. The average molecular weight is 607 g/mol. The molecule has 44 heavy (non-hydrogen) atoms. The van der Waals surface area contributed by atoms with Gasteiger partial charge in [0.05, 0.1) is 26.3 Å². The van der Waals surface area contributed by atoms with Crippen molar-refractivity contribution in [2.24, 2.45) is 0 Å². The molecule has 0 amide bonds. The van der Waals surface area contributed by atoms with Gasteiger partial charge in [-0.3, -0.25) is 33.8 Å². The zero-order valence-corrected chi connectivity index (χ0v) is 26.4. The van der Waals surface area contributed by atoms with Crippen molar-refractivity contribution in [3.05, 3.63) is 56.6 Å². The number of likely N-dealkylation sites (N-methyl/N-ethyl adjacent to an activating group) is 1. The Balaban J connectivity index is 1.73. The molecule has 5 rings (SSSR count). The minimum Gasteiger partial charge on any atom is -0.492 e. The number of esters is 1. The van der Waals surface area contributed by atoms with Gasteiger partial charge >= 0.3 is 5.97 Å². The second kappa shape index (κ2) is 11.5. The fraction of sp³-hybridized carbons (Fsp3) is 0.515. The number of methoxy groups -OCH3 is 2. The highest BCUT2D eigenvalue weighted by molar-refractivity contribution is 6.26. The Hall–Kier alpha value is -3.96. The number of ketones is 5. The van der Waals surface area contributed by atoms with Gasteiger partial charge in [0, 0.05) is 63.6 Å². The molecule has 3 aliphatic heterocycles. The smallest absolute Gasteiger partial charge is 0.333 e. The highest BCUT2D eigenvalue weighted by atomic mass is 16.5. The van der Waals surface area contributed by atoms with Crippen LogP contribution >= 0.6 is 0 Å². The molecule has 0 saturated carbocycles. The van der Waals surface area contributed by atoms with E-state index in [4.69, 9.17) is 14.2 Å². The number of fused-ring (bicyclic) bond motifs is 5. The Kier molecular flexibility index (Phi) is 8.24. The summed E-state index contributed by atoms with van der Waals surface area (Å²) in [5, 5.41) is 0. The average Bonchev–Trinajstić information content (AvgIpc) is 2.98. The van der Waals surface area contributed by atoms with E-state index in [1.807, 2.05) is 16.8 Å². The standard InChI is InChI=1S/C33H38N2O9/c1-9-14(2)33(41)44-13-23-24-18(27(37)16(4)31(42-7)29(24)39)12-22-26-25-19(28(38)17(5)32(43-8)30(25)40)11-20(34(26)6)21(35(22)23)10-15(3)36/h9,20-23,26H,10-13H2,1-8H3. The maximum atomic E-state index is 14.0. The maximum absolute atomic E-state index is 14.0. The third kappa shape index (κ3) is 4.56. The molecule has 1 saturated heterocycles. The summed E-state index contributed by atoms with van der Waals surface area (Å²) in [4.78, 5) is 85.0. The second-order valence-corrected chi connectivity index (χ2v) is 12.1. The highest BCUT2D eigenvalue weighted by Gasteiger charge is 2.59. The minimum atomic E-state index is -0.911. The van der Waals surface area contributed by atoms with Gasteiger partial charge in [-0.2, -0.15) is 0 Å². The van der Waals surface area contributed by atoms with Crippen LogP contribution in [0.3, 0.4) is 0 Å². The fourth-order valence-electron chi connectivity index (χ4n) is 7.70. The van der Waals surface area contributed by atoms with Crippen molar-refractivity contribution < 1.29 is 43.0 Å². The van der Waals surface area contributed by atoms with Gasteiger partial charge in [-0.05, 0) is 54.5 Å². The van der Waals surface area contributed by atoms with Gasteiger partial charge in [0.2, 0.25) is 11.6 Å². The van der Waals surface area contributed by atoms with Gasteiger partial charge < -0.3 is 14.2 Å². The summed E-state index contributed by atoms with van der Waals surface area (Å²) in [6, 6.07) is -3.10. The van der Waals surface area contributed by atoms with E-state index in [2.05, 4.69) is 0 Å². The number of piperazine rings is 1. The Morgan fingerprint density at radius 3 is 1.89 bits per heavy atom. The lowest BCUT2D eigenvalue weighted by Gasteiger charge is -2.61. The zero-order valence-electron chi connectivity index (χ0n) is 26.4. The number of hydrogen-bond acceptors (Lipinski definition) is 11. The monoisotopic (exact) mass is 606 g/mol. The van der Waals surface area contributed by atoms with Crippen molar-refractivity contribution in [2.45, 2.75) is 84.1 Å². The molecule has 1 fully saturated rings. The van der Waals surface area contributed by atoms with E-state index in [1.165, 1.54) is 28.1 Å². The zero-order chi connectivity index (χ0) is 32.4. The van der Waals surface area contributed by atoms with Crippen molar-refractivity contribution in [3.63, 3.8) is 0 Å². The van der Waals surface area contributed by atoms with Crippen LogP contribution in [0.5, 0.6) is 0 Å². The summed E-state index contributed by atoms with van der Waals surface area (Å²) in [6.07, 6.45) is 1.97. The van der Waals surface area contributed by atoms with Crippen LogP contribution in [0.2, 0.25) is 0 Å². The Bertz CT molecular complexity index is 1570. The van der Waals surface area contributed by atoms with Crippen LogP contribution < -0.4 is 0 Å². The van der Waals surface area contributed by atoms with Crippen LogP contribution in [0, 0.1) is 0 Å². The van der Waals surface area contributed by atoms with Crippen molar-refractivity contribution >= 4 is 34.9 Å². The number of rotatable bonds is 7. The van der Waals surface area contributed by atoms with Crippen molar-refractivity contribution in [1.29, 1.82) is 0 Å². The van der Waals surface area contributed by atoms with Crippen molar-refractivity contribution in [1.82, 2.24) is 9.80 Å². The Morgan fingerprint density at radius 1 is 0.841 bits per heavy atom. The van der Waals surface area contributed by atoms with Gasteiger partial charge in [0.1, 0.15) is 12.4 Å². The van der Waals surface area contributed by atoms with E-state index in [0.717, 1.165) is 0 Å². The molecule has 5 atom stereocenters. The van der Waals surface area contributed by atoms with Crippen LogP contribution in [-0.2, 0) is 43.0 Å². The first-order valence-corrected chi connectivity index (χ1v) is 14.7. The van der Waals surface area contributed by atoms with Gasteiger partial charge in [0.15, 0.2) is 23.1 Å². The molecule has 11 heteroatoms. The number of ether oxygens (including phenoxy) is 3. The van der Waals surface area contributed by atoms with Crippen LogP contribution in [0.4, 0.5) is 0 Å². The van der Waals surface area contributed by atoms with E-state index < -0.39 is 47.7 Å². The molecule has 2 aliphatic carbocycles. The Labute approximate surface area is 256 Å². The normalized spacial score (nSPS) is 29.5. The molecular formula is C33H38N2O9. The summed E-state index contributed by atoms with van der Waals surface area (Å²) in [6.45, 7) is 7.63. The third-order valence-corrected chi connectivity index (χ3v) is 9.85. The molecular weight excluding hydrogens is 568 g/mol. The molecule has 234 valence electrons. The molecule has 5 unspecified atom stereocenters. The predicted octanol–water partition coefficient (Wildman–Crippen LogP) is 2.11. The third-order valence-electron chi connectivity index (χ3n) is 9.85. The van der Waals surface area contributed by atoms with Crippen LogP contribution in [0.1, 0.15) is 53.9 Å². The largest absolute Gasteiger partial charge is 0.492 e. The van der Waals surface area contributed by atoms with Crippen molar-refractivity contribution in [2.75, 3.05) is 27.9 Å². The summed E-state index contributed by atoms with van der Waals surface area (Å²) >= 11 is 0. The van der Waals surface area contributed by atoms with Crippen LogP contribution in [0.25, 0.3) is 0 Å². The van der Waals surface area contributed by atoms with E-state index in [-0.39, 0.29) is 77.0 Å². The van der Waals surface area contributed by atoms with E-state index >= 15 is 0 Å². The lowest BCUT2D eigenvalue weighted by molar-refractivity contribution is -0.146. The topological polar surface area (TPSA) is 137 Å². The predicted molar refractivity (Wildman–Crippen MR) is 157 cm³/mol. The SMILES string of the molecule is CC=C(C)C(=O)OCC1C2=C(CC3C4C5=C(CC(C(CC(C)=O)N13)N4C)C(=O)C(C)=C(OC)C5=O)C(=O)C(C)=C(OC)C2=O. The van der Waals surface area contributed by atoms with Gasteiger partial charge in [-0.15, -0.1) is 0 Å². The molecule has 11 nitrogen and oxygen atoms in total. The molecule has 5 aliphatic rings. The minimum absolute atomic E-state index is 0.0199. The molecule has 3 heterocycles. The highest BCUT2D eigenvalue weighted by Crippen LogP contribution is 2.49. The Morgan fingerprint density at radius 2 is 1.36 bits per heavy atom. The van der Waals surface area contributed by atoms with Crippen LogP contribution in [0.15, 0.2) is 56.6 Å². The quantitative estimate of drug-likeness (QED) is 0.239. The van der Waals surface area contributed by atoms with Crippen LogP contribution in [-0.4, -0.2) is 103 Å². The molecule has 0 aromatic rings. The number of carbonyl (C=O) groups is 6. The maximum Gasteiger partial charge on any atom is 0.333 e. The van der Waals surface area contributed by atoms with Gasteiger partial charge in [0.25, 0.3) is 0 Å². The summed E-state index contributed by atoms with van der Waals surface area (Å²) < 4.78 is 16.5. The number of Topliss-reactive ketones (excluding diaryl/α,β-unsaturated/α-hetero) is 5. The van der Waals surface area contributed by atoms with Crippen molar-refractivity contribution in [3.8, 4) is 0 Å². The van der Waals surface area contributed by atoms with Gasteiger partial charge in [-0.1, -0.05) is 6.08 Å². The molecule has 0 aromatic heterocycles. The first-order chi connectivity index (χ1) is 20.8. The second-order valence-electron chi connectivity index (χ2n) is 12.1. The lowest BCUT2D eigenvalue weighted by Crippen LogP contribution is -2.74. The number of carbonyl (C=O) groups excluding carboxylic acids is 6. The van der Waals surface area contributed by atoms with Gasteiger partial charge in [-0.25, -0.2) is 4.79 Å². The molecule has 0 aromatic carbocycles. The van der Waals surface area contributed by atoms with E-state index in [9.17, 15) is 28.8 Å². The first-order valence-electron chi connectivity index (χ1n) is 14.7.